The van der Waals surface area contributed by atoms with Crippen molar-refractivity contribution in [1.82, 2.24) is 0 Å². The topological polar surface area (TPSA) is 46.5 Å². The van der Waals surface area contributed by atoms with Crippen LogP contribution in [0.1, 0.15) is 84.1 Å². The summed E-state index contributed by atoms with van der Waals surface area (Å²) in [4.78, 5) is 11.5. The lowest BCUT2D eigenvalue weighted by atomic mass is 9.44. The van der Waals surface area contributed by atoms with Crippen molar-refractivity contribution in [1.29, 1.82) is 0 Å². The Hall–Kier alpha value is -1.61. The van der Waals surface area contributed by atoms with Gasteiger partial charge in [-0.15, -0.1) is 0 Å². The molecular weight excluding hydrogens is 396 g/mol. The number of carbonyl (C=O) groups is 1. The highest BCUT2D eigenvalue weighted by Gasteiger charge is 2.64. The molecular formula is C29H40O3. The summed E-state index contributed by atoms with van der Waals surface area (Å²) in [6.07, 6.45) is 14.5. The maximum absolute atomic E-state index is 11.9. The number of fused-ring (bicyclic) bond motifs is 5. The number of benzene rings is 1. The summed E-state index contributed by atoms with van der Waals surface area (Å²) in [7, 11) is 0. The van der Waals surface area contributed by atoms with E-state index in [1.165, 1.54) is 31.2 Å². The van der Waals surface area contributed by atoms with Crippen LogP contribution in [0.2, 0.25) is 0 Å². The van der Waals surface area contributed by atoms with E-state index in [-0.39, 0.29) is 17.5 Å². The van der Waals surface area contributed by atoms with Gasteiger partial charge in [-0.25, -0.2) is 0 Å². The SMILES string of the molecule is CC(=O)O[C@H]1CC[C@@]2(C)[C@H](CC[C@@H]3[C@H]4CC[C@@](O)(C=Cc5ccccc5)[C@@]4(C)CC[C@@H]32)C1. The first kappa shape index (κ1) is 22.2. The highest BCUT2D eigenvalue weighted by Crippen LogP contribution is 2.68. The maximum Gasteiger partial charge on any atom is 0.302 e. The van der Waals surface area contributed by atoms with Gasteiger partial charge in [-0.2, -0.15) is 0 Å². The average molecular weight is 437 g/mol. The summed E-state index contributed by atoms with van der Waals surface area (Å²) in [5.41, 5.74) is 0.793. The van der Waals surface area contributed by atoms with Crippen molar-refractivity contribution in [3.8, 4) is 0 Å². The van der Waals surface area contributed by atoms with E-state index >= 15 is 0 Å². The normalized spacial score (nSPS) is 45.7. The smallest absolute Gasteiger partial charge is 0.302 e. The summed E-state index contributed by atoms with van der Waals surface area (Å²) < 4.78 is 5.62. The van der Waals surface area contributed by atoms with E-state index in [1.54, 1.807) is 6.92 Å². The zero-order valence-electron chi connectivity index (χ0n) is 20.1. The third-order valence-corrected chi connectivity index (χ3v) is 10.5. The molecule has 0 unspecified atom stereocenters. The van der Waals surface area contributed by atoms with Gasteiger partial charge in [0.2, 0.25) is 0 Å². The number of ether oxygens (including phenoxy) is 1. The molecule has 1 aromatic rings. The zero-order valence-corrected chi connectivity index (χ0v) is 20.1. The number of carbonyl (C=O) groups excluding carboxylic acids is 1. The van der Waals surface area contributed by atoms with Gasteiger partial charge in [-0.3, -0.25) is 4.79 Å². The van der Waals surface area contributed by atoms with E-state index in [0.29, 0.717) is 17.3 Å². The highest BCUT2D eigenvalue weighted by atomic mass is 16.5. The largest absolute Gasteiger partial charge is 0.463 e. The minimum atomic E-state index is -0.705. The van der Waals surface area contributed by atoms with Crippen LogP contribution in [-0.4, -0.2) is 22.8 Å². The highest BCUT2D eigenvalue weighted by molar-refractivity contribution is 5.66. The fourth-order valence-electron chi connectivity index (χ4n) is 8.68. The monoisotopic (exact) mass is 436 g/mol. The van der Waals surface area contributed by atoms with Crippen LogP contribution in [0.15, 0.2) is 36.4 Å². The minimum Gasteiger partial charge on any atom is -0.463 e. The molecule has 0 aromatic heterocycles. The molecule has 4 saturated carbocycles. The van der Waals surface area contributed by atoms with Gasteiger partial charge >= 0.3 is 5.97 Å². The molecule has 0 radical (unpaired) electrons. The Balaban J connectivity index is 1.35. The van der Waals surface area contributed by atoms with Crippen LogP contribution < -0.4 is 0 Å². The third-order valence-electron chi connectivity index (χ3n) is 10.5. The maximum atomic E-state index is 11.9. The van der Waals surface area contributed by atoms with Crippen molar-refractivity contribution in [2.75, 3.05) is 0 Å². The van der Waals surface area contributed by atoms with Crippen LogP contribution in [0.5, 0.6) is 0 Å². The van der Waals surface area contributed by atoms with E-state index in [4.69, 9.17) is 4.74 Å². The van der Waals surface area contributed by atoms with E-state index in [1.807, 2.05) is 6.07 Å². The molecule has 0 saturated heterocycles. The lowest BCUT2D eigenvalue weighted by Gasteiger charge is -2.61. The Morgan fingerprint density at radius 1 is 1.00 bits per heavy atom. The predicted octanol–water partition coefficient (Wildman–Crippen LogP) is 6.41. The van der Waals surface area contributed by atoms with Crippen molar-refractivity contribution in [3.63, 3.8) is 0 Å². The molecule has 0 amide bonds. The molecule has 0 aliphatic heterocycles. The lowest BCUT2D eigenvalue weighted by molar-refractivity contribution is -0.164. The molecule has 3 nitrogen and oxygen atoms in total. The van der Waals surface area contributed by atoms with Crippen LogP contribution in [0, 0.1) is 34.5 Å². The van der Waals surface area contributed by atoms with Crippen molar-refractivity contribution in [3.05, 3.63) is 42.0 Å². The molecule has 4 fully saturated rings. The molecule has 32 heavy (non-hydrogen) atoms. The zero-order chi connectivity index (χ0) is 22.6. The van der Waals surface area contributed by atoms with Gasteiger partial charge < -0.3 is 9.84 Å². The van der Waals surface area contributed by atoms with Crippen molar-refractivity contribution in [2.24, 2.45) is 34.5 Å². The van der Waals surface area contributed by atoms with Gasteiger partial charge in [0.1, 0.15) is 6.10 Å². The first-order valence-electron chi connectivity index (χ1n) is 12.9. The van der Waals surface area contributed by atoms with Gasteiger partial charge in [-0.05, 0) is 92.4 Å². The number of rotatable bonds is 3. The fourth-order valence-corrected chi connectivity index (χ4v) is 8.68. The average Bonchev–Trinajstić information content (AvgIpc) is 3.04. The summed E-state index contributed by atoms with van der Waals surface area (Å²) in [5.74, 6) is 2.62. The molecule has 8 atom stereocenters. The Bertz CT molecular complexity index is 878. The number of hydrogen-bond donors (Lipinski definition) is 1. The molecule has 1 N–H and O–H groups in total. The van der Waals surface area contributed by atoms with Crippen LogP contribution in [0.25, 0.3) is 6.08 Å². The summed E-state index contributed by atoms with van der Waals surface area (Å²) in [5, 5.41) is 11.9. The summed E-state index contributed by atoms with van der Waals surface area (Å²) >= 11 is 0. The molecule has 5 rings (SSSR count). The predicted molar refractivity (Wildman–Crippen MR) is 128 cm³/mol. The minimum absolute atomic E-state index is 0.0302. The second-order valence-electron chi connectivity index (χ2n) is 11.8. The Labute approximate surface area is 193 Å². The molecule has 4 aliphatic rings. The molecule has 174 valence electrons. The van der Waals surface area contributed by atoms with Crippen LogP contribution in [0.4, 0.5) is 0 Å². The van der Waals surface area contributed by atoms with E-state index in [2.05, 4.69) is 50.3 Å². The van der Waals surface area contributed by atoms with E-state index < -0.39 is 5.60 Å². The molecule has 3 heteroatoms. The molecule has 0 heterocycles. The second-order valence-corrected chi connectivity index (χ2v) is 11.8. The van der Waals surface area contributed by atoms with E-state index in [9.17, 15) is 9.90 Å². The Morgan fingerprint density at radius 3 is 2.50 bits per heavy atom. The summed E-state index contributed by atoms with van der Waals surface area (Å²) in [6, 6.07) is 10.4. The van der Waals surface area contributed by atoms with E-state index in [0.717, 1.165) is 43.9 Å². The third kappa shape index (κ3) is 3.47. The first-order valence-corrected chi connectivity index (χ1v) is 12.9. The van der Waals surface area contributed by atoms with Crippen LogP contribution in [0.3, 0.4) is 0 Å². The number of esters is 1. The van der Waals surface area contributed by atoms with Gasteiger partial charge in [0.15, 0.2) is 0 Å². The van der Waals surface area contributed by atoms with Gasteiger partial charge in [0, 0.05) is 12.3 Å². The second kappa shape index (κ2) is 8.01. The lowest BCUT2D eigenvalue weighted by Crippen LogP contribution is -2.56. The molecule has 0 spiro atoms. The Kier molecular flexibility index (Phi) is 5.55. The standard InChI is InChI=1S/C29H40O3/c1-20(30)32-23-12-15-27(2)22(19-23)9-10-24-25(27)13-16-28(3)26(24)14-18-29(28,31)17-11-21-7-5-4-6-8-21/h4-8,11,17,22-26,31H,9-10,12-16,18-19H2,1-3H3/t22-,23+,24+,25+,26-,27+,28+,29+/m1/s1. The number of aliphatic hydroxyl groups is 1. The Morgan fingerprint density at radius 2 is 1.75 bits per heavy atom. The quantitative estimate of drug-likeness (QED) is 0.557. The van der Waals surface area contributed by atoms with Crippen molar-refractivity contribution in [2.45, 2.75) is 90.3 Å². The van der Waals surface area contributed by atoms with Gasteiger partial charge in [0.05, 0.1) is 5.60 Å². The molecule has 4 aliphatic carbocycles. The van der Waals surface area contributed by atoms with Crippen LogP contribution in [-0.2, 0) is 9.53 Å². The van der Waals surface area contributed by atoms with Gasteiger partial charge in [-0.1, -0.05) is 56.3 Å². The van der Waals surface area contributed by atoms with Gasteiger partial charge in [0.25, 0.3) is 0 Å². The van der Waals surface area contributed by atoms with Crippen LogP contribution >= 0.6 is 0 Å². The first-order chi connectivity index (χ1) is 15.3. The summed E-state index contributed by atoms with van der Waals surface area (Å²) in [6.45, 7) is 6.46. The molecule has 0 bridgehead atoms. The molecule has 1 aromatic carbocycles. The van der Waals surface area contributed by atoms with Crippen molar-refractivity contribution < 1.29 is 14.6 Å². The number of hydrogen-bond acceptors (Lipinski definition) is 3. The van der Waals surface area contributed by atoms with Crippen molar-refractivity contribution >= 4 is 12.0 Å². The fraction of sp³-hybridized carbons (Fsp3) is 0.690.